The average molecular weight is 387 g/mol. The van der Waals surface area contributed by atoms with Gasteiger partial charge in [-0.2, -0.15) is 0 Å². The fraction of sp³-hybridized carbons (Fsp3) is 0.636. The number of nitrogens with one attached hydrogen (secondary N) is 2. The molecule has 6 heteroatoms. The van der Waals surface area contributed by atoms with Crippen LogP contribution in [-0.4, -0.2) is 73.5 Å². The highest BCUT2D eigenvalue weighted by Gasteiger charge is 2.25. The van der Waals surface area contributed by atoms with E-state index in [1.807, 2.05) is 0 Å². The zero-order valence-electron chi connectivity index (χ0n) is 17.2. The lowest BCUT2D eigenvalue weighted by atomic mass is 10.0. The number of benzene rings is 1. The first-order chi connectivity index (χ1) is 13.5. The van der Waals surface area contributed by atoms with Gasteiger partial charge in [-0.05, 0) is 36.3 Å². The van der Waals surface area contributed by atoms with E-state index >= 15 is 0 Å². The number of nitrogens with zero attached hydrogens (tertiary/aromatic N) is 2. The van der Waals surface area contributed by atoms with Crippen LogP contribution in [0.3, 0.4) is 0 Å². The summed E-state index contributed by atoms with van der Waals surface area (Å²) in [6.45, 7) is 9.32. The van der Waals surface area contributed by atoms with Crippen LogP contribution in [0.2, 0.25) is 0 Å². The summed E-state index contributed by atoms with van der Waals surface area (Å²) in [4.78, 5) is 28.4. The molecule has 2 fully saturated rings. The molecule has 0 aromatic heterocycles. The lowest BCUT2D eigenvalue weighted by Gasteiger charge is -2.33. The molecule has 0 spiro atoms. The van der Waals surface area contributed by atoms with Crippen molar-refractivity contribution in [2.45, 2.75) is 45.1 Å². The summed E-state index contributed by atoms with van der Waals surface area (Å²) in [5.74, 6) is 0.760. The van der Waals surface area contributed by atoms with Crippen molar-refractivity contribution in [1.29, 1.82) is 0 Å². The van der Waals surface area contributed by atoms with Gasteiger partial charge in [0.15, 0.2) is 0 Å². The predicted octanol–water partition coefficient (Wildman–Crippen LogP) is 1.36. The maximum absolute atomic E-state index is 12.2. The maximum atomic E-state index is 12.2. The lowest BCUT2D eigenvalue weighted by Crippen LogP contribution is -2.51. The first kappa shape index (κ1) is 20.8. The van der Waals surface area contributed by atoms with Crippen molar-refractivity contribution < 1.29 is 9.59 Å². The van der Waals surface area contributed by atoms with E-state index in [0.29, 0.717) is 31.6 Å². The van der Waals surface area contributed by atoms with Crippen molar-refractivity contribution in [2.24, 2.45) is 0 Å². The third-order valence-electron chi connectivity index (χ3n) is 5.52. The van der Waals surface area contributed by atoms with Crippen LogP contribution in [0.15, 0.2) is 24.3 Å². The molecular formula is C22H34N4O2. The van der Waals surface area contributed by atoms with Gasteiger partial charge >= 0.3 is 0 Å². The molecule has 0 unspecified atom stereocenters. The topological polar surface area (TPSA) is 64.7 Å². The van der Waals surface area contributed by atoms with E-state index in [1.54, 1.807) is 0 Å². The number of hydrogen-bond acceptors (Lipinski definition) is 4. The third kappa shape index (κ3) is 6.91. The van der Waals surface area contributed by atoms with E-state index in [0.717, 1.165) is 45.4 Å². The standard InChI is InChI=1S/C22H34N4O2/c1-17(2)19-5-3-18(4-6-19)9-10-23-21(27)15-25-11-13-26(14-12-25)16-22(28)24-20-7-8-20/h3-6,17,20H,7-16H2,1-2H3,(H,23,27)(H,24,28). The molecule has 2 aliphatic rings. The van der Waals surface area contributed by atoms with Gasteiger partial charge in [-0.3, -0.25) is 19.4 Å². The number of amides is 2. The van der Waals surface area contributed by atoms with Gasteiger partial charge in [-0.25, -0.2) is 0 Å². The molecule has 1 heterocycles. The minimum atomic E-state index is 0.0822. The molecular weight excluding hydrogens is 352 g/mol. The lowest BCUT2D eigenvalue weighted by molar-refractivity contribution is -0.125. The predicted molar refractivity (Wildman–Crippen MR) is 111 cm³/mol. The summed E-state index contributed by atoms with van der Waals surface area (Å²) in [5, 5.41) is 6.06. The molecule has 154 valence electrons. The Bertz CT molecular complexity index is 647. The van der Waals surface area contributed by atoms with Gasteiger partial charge < -0.3 is 10.6 Å². The van der Waals surface area contributed by atoms with Crippen LogP contribution in [0.25, 0.3) is 0 Å². The largest absolute Gasteiger partial charge is 0.355 e. The van der Waals surface area contributed by atoms with Crippen LogP contribution in [0.1, 0.15) is 43.7 Å². The Kier molecular flexibility index (Phi) is 7.45. The van der Waals surface area contributed by atoms with E-state index in [1.165, 1.54) is 11.1 Å². The van der Waals surface area contributed by atoms with E-state index in [9.17, 15) is 9.59 Å². The maximum Gasteiger partial charge on any atom is 0.234 e. The molecule has 0 radical (unpaired) electrons. The second kappa shape index (κ2) is 10.0. The van der Waals surface area contributed by atoms with E-state index in [2.05, 4.69) is 58.5 Å². The number of carbonyl (C=O) groups is 2. The molecule has 1 aromatic rings. The molecule has 1 aliphatic carbocycles. The third-order valence-corrected chi connectivity index (χ3v) is 5.52. The zero-order chi connectivity index (χ0) is 19.9. The molecule has 0 bridgehead atoms. The van der Waals surface area contributed by atoms with E-state index in [4.69, 9.17) is 0 Å². The SMILES string of the molecule is CC(C)c1ccc(CCNC(=O)CN2CCN(CC(=O)NC3CC3)CC2)cc1. The Morgan fingerprint density at radius 1 is 0.964 bits per heavy atom. The van der Waals surface area contributed by atoms with Crippen molar-refractivity contribution >= 4 is 11.8 Å². The molecule has 1 saturated carbocycles. The smallest absolute Gasteiger partial charge is 0.234 e. The van der Waals surface area contributed by atoms with Crippen LogP contribution in [0.4, 0.5) is 0 Å². The number of hydrogen-bond donors (Lipinski definition) is 2. The second-order valence-corrected chi connectivity index (χ2v) is 8.39. The van der Waals surface area contributed by atoms with Gasteiger partial charge in [-0.1, -0.05) is 38.1 Å². The fourth-order valence-corrected chi connectivity index (χ4v) is 3.48. The molecule has 2 N–H and O–H groups in total. The fourth-order valence-electron chi connectivity index (χ4n) is 3.48. The van der Waals surface area contributed by atoms with Crippen LogP contribution in [-0.2, 0) is 16.0 Å². The zero-order valence-corrected chi connectivity index (χ0v) is 17.2. The van der Waals surface area contributed by atoms with Gasteiger partial charge in [0.05, 0.1) is 13.1 Å². The van der Waals surface area contributed by atoms with Gasteiger partial charge in [0.1, 0.15) is 0 Å². The monoisotopic (exact) mass is 386 g/mol. The molecule has 1 aromatic carbocycles. The van der Waals surface area contributed by atoms with Crippen LogP contribution < -0.4 is 10.6 Å². The first-order valence-electron chi connectivity index (χ1n) is 10.6. The van der Waals surface area contributed by atoms with Crippen molar-refractivity contribution in [3.8, 4) is 0 Å². The minimum absolute atomic E-state index is 0.0822. The van der Waals surface area contributed by atoms with Crippen molar-refractivity contribution in [2.75, 3.05) is 45.8 Å². The molecule has 3 rings (SSSR count). The van der Waals surface area contributed by atoms with Gasteiger partial charge in [0, 0.05) is 38.8 Å². The normalized spacial score (nSPS) is 18.2. The summed E-state index contributed by atoms with van der Waals surface area (Å²) in [5.41, 5.74) is 2.60. The van der Waals surface area contributed by atoms with Crippen LogP contribution in [0.5, 0.6) is 0 Å². The molecule has 28 heavy (non-hydrogen) atoms. The molecule has 2 amide bonds. The minimum Gasteiger partial charge on any atom is -0.355 e. The van der Waals surface area contributed by atoms with Gasteiger partial charge in [-0.15, -0.1) is 0 Å². The van der Waals surface area contributed by atoms with Gasteiger partial charge in [0.2, 0.25) is 11.8 Å². The number of carbonyl (C=O) groups excluding carboxylic acids is 2. The summed E-state index contributed by atoms with van der Waals surface area (Å²) in [6, 6.07) is 9.07. The van der Waals surface area contributed by atoms with Crippen LogP contribution >= 0.6 is 0 Å². The van der Waals surface area contributed by atoms with Crippen molar-refractivity contribution in [3.63, 3.8) is 0 Å². The average Bonchev–Trinajstić information content (AvgIpc) is 3.47. The quantitative estimate of drug-likeness (QED) is 0.673. The summed E-state index contributed by atoms with van der Waals surface area (Å²) < 4.78 is 0. The summed E-state index contributed by atoms with van der Waals surface area (Å²) in [6.07, 6.45) is 3.10. The molecule has 1 saturated heterocycles. The summed E-state index contributed by atoms with van der Waals surface area (Å²) in [7, 11) is 0. The highest BCUT2D eigenvalue weighted by atomic mass is 16.2. The second-order valence-electron chi connectivity index (χ2n) is 8.39. The highest BCUT2D eigenvalue weighted by Crippen LogP contribution is 2.18. The summed E-state index contributed by atoms with van der Waals surface area (Å²) >= 11 is 0. The Morgan fingerprint density at radius 3 is 2.07 bits per heavy atom. The Hall–Kier alpha value is -1.92. The number of rotatable bonds is 9. The molecule has 1 aliphatic heterocycles. The molecule has 6 nitrogen and oxygen atoms in total. The Balaban J connectivity index is 1.28. The number of piperazine rings is 1. The highest BCUT2D eigenvalue weighted by molar-refractivity contribution is 5.79. The Morgan fingerprint density at radius 2 is 1.54 bits per heavy atom. The van der Waals surface area contributed by atoms with E-state index < -0.39 is 0 Å². The molecule has 0 atom stereocenters. The first-order valence-corrected chi connectivity index (χ1v) is 10.6. The van der Waals surface area contributed by atoms with E-state index in [-0.39, 0.29) is 11.8 Å². The van der Waals surface area contributed by atoms with Crippen molar-refractivity contribution in [1.82, 2.24) is 20.4 Å². The van der Waals surface area contributed by atoms with Gasteiger partial charge in [0.25, 0.3) is 0 Å². The van der Waals surface area contributed by atoms with Crippen LogP contribution in [0, 0.1) is 0 Å². The van der Waals surface area contributed by atoms with Crippen molar-refractivity contribution in [3.05, 3.63) is 35.4 Å². The Labute approximate surface area is 168 Å².